The third-order valence-corrected chi connectivity index (χ3v) is 4.73. The molecule has 4 nitrogen and oxygen atoms in total. The monoisotopic (exact) mass is 388 g/mol. The second-order valence-corrected chi connectivity index (χ2v) is 6.95. The van der Waals surface area contributed by atoms with Crippen molar-refractivity contribution < 1.29 is 0 Å². The number of benzene rings is 2. The molecule has 0 saturated carbocycles. The summed E-state index contributed by atoms with van der Waals surface area (Å²) in [6.45, 7) is 3.66. The summed E-state index contributed by atoms with van der Waals surface area (Å²) < 4.78 is 2.00. The van der Waals surface area contributed by atoms with Gasteiger partial charge in [-0.1, -0.05) is 6.07 Å². The van der Waals surface area contributed by atoms with Crippen molar-refractivity contribution in [3.8, 4) is 0 Å². The highest BCUT2D eigenvalue weighted by Crippen LogP contribution is 2.22. The molecule has 0 N–H and O–H groups in total. The first-order valence-corrected chi connectivity index (χ1v) is 9.62. The molecule has 0 aliphatic carbocycles. The molecule has 3 aromatic rings. The summed E-state index contributed by atoms with van der Waals surface area (Å²) in [6, 6.07) is 12.4. The van der Waals surface area contributed by atoms with Crippen LogP contribution in [-0.2, 0) is 7.05 Å². The van der Waals surface area contributed by atoms with Crippen molar-refractivity contribution in [3.05, 3.63) is 53.9 Å². The maximum Gasteiger partial charge on any atom is 0.0955 e. The number of hydrogen-bond acceptors (Lipinski definition) is 3. The second kappa shape index (κ2) is 8.56. The van der Waals surface area contributed by atoms with Gasteiger partial charge in [0.25, 0.3) is 0 Å². The van der Waals surface area contributed by atoms with Gasteiger partial charge >= 0.3 is 0 Å². The van der Waals surface area contributed by atoms with Gasteiger partial charge in [0, 0.05) is 43.8 Å². The van der Waals surface area contributed by atoms with E-state index in [0.29, 0.717) is 11.8 Å². The fraction of sp³-hybridized carbons (Fsp3) is 0.300. The molecule has 1 heterocycles. The Bertz CT molecular complexity index is 911. The van der Waals surface area contributed by atoms with Crippen LogP contribution in [0.15, 0.2) is 47.7 Å². The lowest BCUT2D eigenvalue weighted by atomic mass is 10.1. The molecule has 0 bridgehead atoms. The van der Waals surface area contributed by atoms with Crippen LogP contribution in [0.1, 0.15) is 11.1 Å². The van der Waals surface area contributed by atoms with Crippen molar-refractivity contribution in [1.82, 2.24) is 9.55 Å². The molecule has 0 atom stereocenters. The van der Waals surface area contributed by atoms with Crippen molar-refractivity contribution in [2.75, 3.05) is 29.7 Å². The standard InChI is InChI=1S/C20H22Cl2N4/c1-15-11-18(26(9-7-21)10-8-22)5-3-16(15)13-23-17-4-6-20-19(12-17)24-14-25(20)2/h3-6,11-14H,7-10H2,1-2H3. The Morgan fingerprint density at radius 2 is 1.88 bits per heavy atom. The number of aromatic nitrogens is 2. The molecule has 0 aliphatic rings. The molecule has 1 aromatic heterocycles. The predicted octanol–water partition coefficient (Wildman–Crippen LogP) is 4.92. The number of aliphatic imine (C=N–C) groups is 1. The van der Waals surface area contributed by atoms with Crippen LogP contribution in [0.5, 0.6) is 0 Å². The van der Waals surface area contributed by atoms with Gasteiger partial charge in [0.1, 0.15) is 0 Å². The SMILES string of the molecule is Cc1cc(N(CCCl)CCCl)ccc1C=Nc1ccc2c(c1)ncn2C. The normalized spacial score (nSPS) is 11.5. The molecule has 136 valence electrons. The van der Waals surface area contributed by atoms with Gasteiger partial charge in [-0.25, -0.2) is 4.98 Å². The average molecular weight is 389 g/mol. The van der Waals surface area contributed by atoms with E-state index >= 15 is 0 Å². The molecule has 0 fully saturated rings. The van der Waals surface area contributed by atoms with Crippen molar-refractivity contribution in [1.29, 1.82) is 0 Å². The molecule has 26 heavy (non-hydrogen) atoms. The molecule has 2 aromatic carbocycles. The summed E-state index contributed by atoms with van der Waals surface area (Å²) in [5.74, 6) is 1.16. The molecule has 0 unspecified atom stereocenters. The van der Waals surface area contributed by atoms with Crippen LogP contribution in [-0.4, -0.2) is 40.6 Å². The summed E-state index contributed by atoms with van der Waals surface area (Å²) >= 11 is 11.8. The minimum Gasteiger partial charge on any atom is -0.369 e. The summed E-state index contributed by atoms with van der Waals surface area (Å²) in [5, 5.41) is 0. The molecule has 0 amide bonds. The lowest BCUT2D eigenvalue weighted by Gasteiger charge is -2.23. The zero-order valence-electron chi connectivity index (χ0n) is 15.0. The minimum atomic E-state index is 0.579. The van der Waals surface area contributed by atoms with Crippen LogP contribution in [0.2, 0.25) is 0 Å². The number of rotatable bonds is 7. The van der Waals surface area contributed by atoms with Crippen LogP contribution < -0.4 is 4.90 Å². The second-order valence-electron chi connectivity index (χ2n) is 6.19. The van der Waals surface area contributed by atoms with E-state index in [-0.39, 0.29) is 0 Å². The van der Waals surface area contributed by atoms with Gasteiger partial charge in [-0.15, -0.1) is 23.2 Å². The summed E-state index contributed by atoms with van der Waals surface area (Å²) in [4.78, 5) is 11.2. The van der Waals surface area contributed by atoms with Crippen LogP contribution in [0.25, 0.3) is 11.0 Å². The summed E-state index contributed by atoms with van der Waals surface area (Å²) in [7, 11) is 1.99. The zero-order valence-corrected chi connectivity index (χ0v) is 16.5. The predicted molar refractivity (Wildman–Crippen MR) is 113 cm³/mol. The number of imidazole rings is 1. The van der Waals surface area contributed by atoms with E-state index in [0.717, 1.165) is 41.1 Å². The average Bonchev–Trinajstić information content (AvgIpc) is 3.01. The molecule has 0 spiro atoms. The zero-order chi connectivity index (χ0) is 18.5. The van der Waals surface area contributed by atoms with E-state index < -0.39 is 0 Å². The third kappa shape index (κ3) is 4.19. The maximum absolute atomic E-state index is 5.90. The smallest absolute Gasteiger partial charge is 0.0955 e. The number of nitrogens with zero attached hydrogens (tertiary/aromatic N) is 4. The summed E-state index contributed by atoms with van der Waals surface area (Å²) in [6.07, 6.45) is 3.71. The van der Waals surface area contributed by atoms with Crippen LogP contribution >= 0.6 is 23.2 Å². The molecule has 3 rings (SSSR count). The van der Waals surface area contributed by atoms with Crippen molar-refractivity contribution >= 4 is 51.8 Å². The first kappa shape index (κ1) is 18.7. The van der Waals surface area contributed by atoms with Crippen LogP contribution in [0.3, 0.4) is 0 Å². The Balaban J connectivity index is 1.81. The van der Waals surface area contributed by atoms with Crippen molar-refractivity contribution in [2.24, 2.45) is 12.0 Å². The van der Waals surface area contributed by atoms with E-state index in [4.69, 9.17) is 23.2 Å². The fourth-order valence-electron chi connectivity index (χ4n) is 2.92. The number of hydrogen-bond donors (Lipinski definition) is 0. The van der Waals surface area contributed by atoms with Gasteiger partial charge in [0.15, 0.2) is 0 Å². The Hall–Kier alpha value is -2.04. The lowest BCUT2D eigenvalue weighted by Crippen LogP contribution is -2.27. The summed E-state index contributed by atoms with van der Waals surface area (Å²) in [5.41, 5.74) is 6.34. The van der Waals surface area contributed by atoms with E-state index in [1.54, 1.807) is 0 Å². The highest BCUT2D eigenvalue weighted by Gasteiger charge is 2.07. The number of halogens is 2. The number of anilines is 1. The minimum absolute atomic E-state index is 0.579. The van der Waals surface area contributed by atoms with Gasteiger partial charge in [0.2, 0.25) is 0 Å². The first-order valence-electron chi connectivity index (χ1n) is 8.55. The van der Waals surface area contributed by atoms with E-state index in [2.05, 4.69) is 40.0 Å². The van der Waals surface area contributed by atoms with Gasteiger partial charge < -0.3 is 9.47 Å². The fourth-order valence-corrected chi connectivity index (χ4v) is 3.33. The number of alkyl halides is 2. The molecular weight excluding hydrogens is 367 g/mol. The molecular formula is C20H22Cl2N4. The van der Waals surface area contributed by atoms with E-state index in [9.17, 15) is 0 Å². The van der Waals surface area contributed by atoms with Gasteiger partial charge in [-0.2, -0.15) is 0 Å². The third-order valence-electron chi connectivity index (χ3n) is 4.39. The Kier molecular flexibility index (Phi) is 6.17. The lowest BCUT2D eigenvalue weighted by molar-refractivity contribution is 0.873. The number of aryl methyl sites for hydroxylation is 2. The van der Waals surface area contributed by atoms with Crippen molar-refractivity contribution in [3.63, 3.8) is 0 Å². The Morgan fingerprint density at radius 3 is 2.58 bits per heavy atom. The first-order chi connectivity index (χ1) is 12.6. The maximum atomic E-state index is 5.90. The number of fused-ring (bicyclic) bond motifs is 1. The Labute approximate surface area is 164 Å². The van der Waals surface area contributed by atoms with Crippen molar-refractivity contribution in [2.45, 2.75) is 6.92 Å². The van der Waals surface area contributed by atoms with Gasteiger partial charge in [-0.3, -0.25) is 4.99 Å². The highest BCUT2D eigenvalue weighted by molar-refractivity contribution is 6.18. The van der Waals surface area contributed by atoms with E-state index in [1.165, 1.54) is 5.56 Å². The molecule has 6 heteroatoms. The Morgan fingerprint density at radius 1 is 1.12 bits per heavy atom. The molecule has 0 saturated heterocycles. The quantitative estimate of drug-likeness (QED) is 0.425. The molecule has 0 radical (unpaired) electrons. The van der Waals surface area contributed by atoms with Gasteiger partial charge in [0.05, 0.1) is 23.0 Å². The van der Waals surface area contributed by atoms with Gasteiger partial charge in [-0.05, 0) is 48.4 Å². The largest absolute Gasteiger partial charge is 0.369 e. The highest BCUT2D eigenvalue weighted by atomic mass is 35.5. The van der Waals surface area contributed by atoms with Crippen LogP contribution in [0.4, 0.5) is 11.4 Å². The molecule has 0 aliphatic heterocycles. The van der Waals surface area contributed by atoms with E-state index in [1.807, 2.05) is 42.4 Å². The topological polar surface area (TPSA) is 33.4 Å². The van der Waals surface area contributed by atoms with Crippen LogP contribution in [0, 0.1) is 6.92 Å².